The van der Waals surface area contributed by atoms with Gasteiger partial charge in [-0.2, -0.15) is 5.10 Å². The van der Waals surface area contributed by atoms with E-state index in [1.54, 1.807) is 6.07 Å². The van der Waals surface area contributed by atoms with Crippen LogP contribution in [0.1, 0.15) is 5.82 Å². The average molecular weight is 260 g/mol. The van der Waals surface area contributed by atoms with Crippen molar-refractivity contribution in [1.82, 2.24) is 14.8 Å². The number of aromatic amines is 1. The molecule has 0 aliphatic rings. The molecule has 2 N–H and O–H groups in total. The van der Waals surface area contributed by atoms with Gasteiger partial charge in [0.15, 0.2) is 16.4 Å². The molecule has 0 bridgehead atoms. The number of aliphatic hydroxyl groups excluding tert-OH is 1. The smallest absolute Gasteiger partial charge is 0.200 e. The molecule has 2 aromatic rings. The van der Waals surface area contributed by atoms with Crippen molar-refractivity contribution in [2.45, 2.75) is 6.61 Å². The van der Waals surface area contributed by atoms with E-state index in [-0.39, 0.29) is 27.9 Å². The molecule has 4 nitrogen and oxygen atoms in total. The van der Waals surface area contributed by atoms with Gasteiger partial charge in [0.25, 0.3) is 0 Å². The van der Waals surface area contributed by atoms with Crippen LogP contribution >= 0.6 is 23.8 Å². The maximum atomic E-state index is 13.7. The second-order valence-corrected chi connectivity index (χ2v) is 3.81. The van der Waals surface area contributed by atoms with Crippen LogP contribution in [-0.4, -0.2) is 19.9 Å². The van der Waals surface area contributed by atoms with E-state index in [4.69, 9.17) is 28.9 Å². The highest BCUT2D eigenvalue weighted by molar-refractivity contribution is 7.71. The molecular weight excluding hydrogens is 253 g/mol. The fraction of sp³-hybridized carbons (Fsp3) is 0.111. The molecule has 1 aromatic carbocycles. The molecule has 0 amide bonds. The molecule has 0 unspecified atom stereocenters. The van der Waals surface area contributed by atoms with Gasteiger partial charge in [-0.25, -0.2) is 4.39 Å². The molecule has 0 spiro atoms. The van der Waals surface area contributed by atoms with Crippen molar-refractivity contribution in [2.24, 2.45) is 0 Å². The SMILES string of the molecule is OCc1n[nH]c(=S)n1-c1cccc(Cl)c1F. The lowest BCUT2D eigenvalue weighted by molar-refractivity contribution is 0.268. The standard InChI is InChI=1S/C9H7ClFN3OS/c10-5-2-1-3-6(8(5)11)14-7(4-15)12-13-9(14)16/h1-3,15H,4H2,(H,13,16). The van der Waals surface area contributed by atoms with Gasteiger partial charge in [-0.05, 0) is 24.4 Å². The van der Waals surface area contributed by atoms with Crippen molar-refractivity contribution < 1.29 is 9.50 Å². The lowest BCUT2D eigenvalue weighted by Gasteiger charge is -2.06. The van der Waals surface area contributed by atoms with Crippen LogP contribution < -0.4 is 0 Å². The van der Waals surface area contributed by atoms with Crippen LogP contribution in [-0.2, 0) is 6.61 Å². The molecule has 0 aliphatic heterocycles. The maximum Gasteiger partial charge on any atom is 0.200 e. The summed E-state index contributed by atoms with van der Waals surface area (Å²) in [5, 5.41) is 15.3. The highest BCUT2D eigenvalue weighted by Gasteiger charge is 2.13. The molecule has 2 rings (SSSR count). The molecule has 1 aromatic heterocycles. The summed E-state index contributed by atoms with van der Waals surface area (Å²) in [6.07, 6.45) is 0. The van der Waals surface area contributed by atoms with E-state index in [1.807, 2.05) is 0 Å². The van der Waals surface area contributed by atoms with Crippen LogP contribution in [0, 0.1) is 10.6 Å². The summed E-state index contributed by atoms with van der Waals surface area (Å²) in [6.45, 7) is -0.348. The Kier molecular flexibility index (Phi) is 3.04. The van der Waals surface area contributed by atoms with E-state index in [0.717, 1.165) is 0 Å². The third-order valence-electron chi connectivity index (χ3n) is 2.06. The molecule has 0 radical (unpaired) electrons. The van der Waals surface area contributed by atoms with Crippen LogP contribution in [0.15, 0.2) is 18.2 Å². The normalized spacial score (nSPS) is 10.7. The minimum atomic E-state index is -0.601. The van der Waals surface area contributed by atoms with Crippen molar-refractivity contribution in [1.29, 1.82) is 0 Å². The number of nitrogens with one attached hydrogen (secondary N) is 1. The number of hydrogen-bond donors (Lipinski definition) is 2. The second kappa shape index (κ2) is 4.32. The number of benzene rings is 1. The first kappa shape index (κ1) is 11.3. The summed E-state index contributed by atoms with van der Waals surface area (Å²) in [4.78, 5) is 0. The van der Waals surface area contributed by atoms with Crippen molar-refractivity contribution in [2.75, 3.05) is 0 Å². The van der Waals surface area contributed by atoms with E-state index in [9.17, 15) is 4.39 Å². The maximum absolute atomic E-state index is 13.7. The predicted octanol–water partition coefficient (Wildman–Crippen LogP) is 2.21. The van der Waals surface area contributed by atoms with Crippen molar-refractivity contribution in [3.8, 4) is 5.69 Å². The Labute approximate surface area is 100 Å². The van der Waals surface area contributed by atoms with Crippen LogP contribution in [0.2, 0.25) is 5.02 Å². The molecule has 0 saturated carbocycles. The Balaban J connectivity index is 2.72. The van der Waals surface area contributed by atoms with Crippen LogP contribution in [0.3, 0.4) is 0 Å². The molecule has 0 fully saturated rings. The van der Waals surface area contributed by atoms with E-state index in [0.29, 0.717) is 0 Å². The van der Waals surface area contributed by atoms with Gasteiger partial charge in [0.05, 0.1) is 10.7 Å². The lowest BCUT2D eigenvalue weighted by atomic mass is 10.3. The molecule has 0 atom stereocenters. The van der Waals surface area contributed by atoms with Gasteiger partial charge >= 0.3 is 0 Å². The minimum absolute atomic E-state index is 0.00973. The van der Waals surface area contributed by atoms with Gasteiger partial charge in [0, 0.05) is 0 Å². The Morgan fingerprint density at radius 3 is 3.00 bits per heavy atom. The van der Waals surface area contributed by atoms with E-state index < -0.39 is 5.82 Å². The third-order valence-corrected chi connectivity index (χ3v) is 2.62. The zero-order chi connectivity index (χ0) is 11.7. The summed E-state index contributed by atoms with van der Waals surface area (Å²) in [5.41, 5.74) is 0.162. The van der Waals surface area contributed by atoms with Gasteiger partial charge in [0.1, 0.15) is 6.61 Å². The highest BCUT2D eigenvalue weighted by Crippen LogP contribution is 2.22. The summed E-state index contributed by atoms with van der Waals surface area (Å²) < 4.78 is 15.2. The van der Waals surface area contributed by atoms with E-state index in [2.05, 4.69) is 10.2 Å². The third kappa shape index (κ3) is 1.75. The predicted molar refractivity (Wildman–Crippen MR) is 59.6 cm³/mol. The quantitative estimate of drug-likeness (QED) is 0.813. The molecule has 0 aliphatic carbocycles. The lowest BCUT2D eigenvalue weighted by Crippen LogP contribution is -2.03. The highest BCUT2D eigenvalue weighted by atomic mass is 35.5. The Hall–Kier alpha value is -1.24. The Morgan fingerprint density at radius 1 is 1.56 bits per heavy atom. The number of halogens is 2. The first-order valence-corrected chi connectivity index (χ1v) is 5.15. The summed E-state index contributed by atoms with van der Waals surface area (Å²) in [6, 6.07) is 4.53. The summed E-state index contributed by atoms with van der Waals surface area (Å²) in [5.74, 6) is -0.373. The number of aliphatic hydroxyl groups is 1. The van der Waals surface area contributed by atoms with Gasteiger partial charge in [-0.1, -0.05) is 17.7 Å². The molecule has 84 valence electrons. The van der Waals surface area contributed by atoms with Crippen molar-refractivity contribution >= 4 is 23.8 Å². The first-order chi connectivity index (χ1) is 7.65. The van der Waals surface area contributed by atoms with Crippen molar-refractivity contribution in [3.05, 3.63) is 39.6 Å². The van der Waals surface area contributed by atoms with Crippen molar-refractivity contribution in [3.63, 3.8) is 0 Å². The van der Waals surface area contributed by atoms with E-state index in [1.165, 1.54) is 16.7 Å². The van der Waals surface area contributed by atoms with Gasteiger partial charge < -0.3 is 5.11 Å². The average Bonchev–Trinajstić information content (AvgIpc) is 2.64. The zero-order valence-electron chi connectivity index (χ0n) is 7.94. The number of aromatic nitrogens is 3. The number of hydrogen-bond acceptors (Lipinski definition) is 3. The van der Waals surface area contributed by atoms with E-state index >= 15 is 0 Å². The number of rotatable bonds is 2. The largest absolute Gasteiger partial charge is 0.388 e. The van der Waals surface area contributed by atoms with Crippen LogP contribution in [0.4, 0.5) is 4.39 Å². The Morgan fingerprint density at radius 2 is 2.31 bits per heavy atom. The molecular formula is C9H7ClFN3OS. The summed E-state index contributed by atoms with van der Waals surface area (Å²) in [7, 11) is 0. The summed E-state index contributed by atoms with van der Waals surface area (Å²) >= 11 is 10.6. The molecule has 7 heteroatoms. The monoisotopic (exact) mass is 259 g/mol. The topological polar surface area (TPSA) is 53.8 Å². The van der Waals surface area contributed by atoms with Gasteiger partial charge in [-0.3, -0.25) is 9.67 Å². The van der Waals surface area contributed by atoms with Gasteiger partial charge in [-0.15, -0.1) is 0 Å². The molecule has 1 heterocycles. The second-order valence-electron chi connectivity index (χ2n) is 3.01. The number of nitrogens with zero attached hydrogens (tertiary/aromatic N) is 2. The minimum Gasteiger partial charge on any atom is -0.388 e. The van der Waals surface area contributed by atoms with Gasteiger partial charge in [0.2, 0.25) is 0 Å². The Bertz CT molecular complexity index is 580. The molecule has 0 saturated heterocycles. The molecule has 16 heavy (non-hydrogen) atoms. The van der Waals surface area contributed by atoms with Crippen LogP contribution in [0.25, 0.3) is 5.69 Å². The fourth-order valence-electron chi connectivity index (χ4n) is 1.35. The fourth-order valence-corrected chi connectivity index (χ4v) is 1.77. The van der Waals surface area contributed by atoms with Crippen LogP contribution in [0.5, 0.6) is 0 Å². The first-order valence-electron chi connectivity index (χ1n) is 4.36. The zero-order valence-corrected chi connectivity index (χ0v) is 9.52. The number of H-pyrrole nitrogens is 1.